The number of rotatable bonds is 3. The first-order valence-electron chi connectivity index (χ1n) is 7.37. The molecule has 1 aromatic rings. The fourth-order valence-corrected chi connectivity index (χ4v) is 2.42. The van der Waals surface area contributed by atoms with Gasteiger partial charge in [-0.25, -0.2) is 4.79 Å². The van der Waals surface area contributed by atoms with Crippen LogP contribution in [0.2, 0.25) is 0 Å². The molecule has 1 fully saturated rings. The van der Waals surface area contributed by atoms with Crippen molar-refractivity contribution in [3.05, 3.63) is 29.8 Å². The summed E-state index contributed by atoms with van der Waals surface area (Å²) in [5.41, 5.74) is 0.323. The highest BCUT2D eigenvalue weighted by atomic mass is 16.5. The highest BCUT2D eigenvalue weighted by molar-refractivity contribution is 5.92. The van der Waals surface area contributed by atoms with Gasteiger partial charge in [-0.05, 0) is 44.0 Å². The van der Waals surface area contributed by atoms with E-state index in [9.17, 15) is 14.7 Å². The first-order chi connectivity index (χ1) is 10.1. The lowest BCUT2D eigenvalue weighted by Crippen LogP contribution is -2.40. The third kappa shape index (κ3) is 4.21. The smallest absolute Gasteiger partial charge is 0.338 e. The van der Waals surface area contributed by atoms with Crippen molar-refractivity contribution in [3.8, 4) is 5.75 Å². The predicted octanol–water partition coefficient (Wildman–Crippen LogP) is 2.34. The van der Waals surface area contributed by atoms with Gasteiger partial charge < -0.3 is 14.7 Å². The van der Waals surface area contributed by atoms with Crippen LogP contribution >= 0.6 is 0 Å². The van der Waals surface area contributed by atoms with Crippen molar-refractivity contribution in [2.24, 2.45) is 0 Å². The summed E-state index contributed by atoms with van der Waals surface area (Å²) >= 11 is 0. The summed E-state index contributed by atoms with van der Waals surface area (Å²) < 4.78 is 5.22. The summed E-state index contributed by atoms with van der Waals surface area (Å²) in [6, 6.07) is 5.78. The summed E-state index contributed by atoms with van der Waals surface area (Å²) in [5, 5.41) is 9.19. The molecule has 21 heavy (non-hydrogen) atoms. The Morgan fingerprint density at radius 2 is 1.67 bits per heavy atom. The maximum Gasteiger partial charge on any atom is 0.338 e. The summed E-state index contributed by atoms with van der Waals surface area (Å²) in [6.45, 7) is 3.07. The standard InChI is InChI=1S/C16H21NO4/c1-12(15(19)17-10-4-2-3-5-11-17)21-16(20)13-6-8-14(18)9-7-13/h6-9,12,18H,2-5,10-11H2,1H3. The van der Waals surface area contributed by atoms with Gasteiger partial charge in [-0.15, -0.1) is 0 Å². The van der Waals surface area contributed by atoms with E-state index in [2.05, 4.69) is 0 Å². The Balaban J connectivity index is 1.93. The Morgan fingerprint density at radius 3 is 2.24 bits per heavy atom. The highest BCUT2D eigenvalue weighted by Gasteiger charge is 2.24. The number of carbonyl (C=O) groups is 2. The molecule has 0 bridgehead atoms. The molecule has 1 atom stereocenters. The fraction of sp³-hybridized carbons (Fsp3) is 0.500. The molecule has 5 nitrogen and oxygen atoms in total. The van der Waals surface area contributed by atoms with Gasteiger partial charge in [0.05, 0.1) is 5.56 Å². The van der Waals surface area contributed by atoms with E-state index in [0.29, 0.717) is 5.56 Å². The summed E-state index contributed by atoms with van der Waals surface area (Å²) in [6.07, 6.45) is 3.51. The number of likely N-dealkylation sites (tertiary alicyclic amines) is 1. The number of ether oxygens (including phenoxy) is 1. The minimum atomic E-state index is -0.788. The molecule has 0 aliphatic carbocycles. The second-order valence-corrected chi connectivity index (χ2v) is 5.33. The first kappa shape index (κ1) is 15.4. The average molecular weight is 291 g/mol. The molecule has 1 amide bonds. The van der Waals surface area contributed by atoms with Crippen LogP contribution in [0.3, 0.4) is 0 Å². The van der Waals surface area contributed by atoms with Crippen LogP contribution < -0.4 is 0 Å². The fourth-order valence-electron chi connectivity index (χ4n) is 2.42. The summed E-state index contributed by atoms with van der Waals surface area (Å²) in [4.78, 5) is 26.0. The molecular formula is C16H21NO4. The predicted molar refractivity (Wildman–Crippen MR) is 78.0 cm³/mol. The molecule has 1 N–H and O–H groups in total. The molecule has 0 spiro atoms. The van der Waals surface area contributed by atoms with Crippen LogP contribution in [-0.2, 0) is 9.53 Å². The molecule has 0 saturated carbocycles. The first-order valence-corrected chi connectivity index (χ1v) is 7.37. The number of phenolic OH excluding ortho intramolecular Hbond substituents is 1. The molecule has 2 rings (SSSR count). The minimum absolute atomic E-state index is 0.0836. The number of aromatic hydroxyl groups is 1. The lowest BCUT2D eigenvalue weighted by molar-refractivity contribution is -0.139. The second kappa shape index (κ2) is 7.11. The second-order valence-electron chi connectivity index (χ2n) is 5.33. The van der Waals surface area contributed by atoms with Crippen LogP contribution in [0.15, 0.2) is 24.3 Å². The number of esters is 1. The number of hydrogen-bond acceptors (Lipinski definition) is 4. The third-order valence-corrected chi connectivity index (χ3v) is 3.65. The van der Waals surface area contributed by atoms with E-state index in [1.807, 2.05) is 0 Å². The Kier molecular flexibility index (Phi) is 5.20. The molecule has 1 unspecified atom stereocenters. The number of nitrogens with zero attached hydrogens (tertiary/aromatic N) is 1. The Labute approximate surface area is 124 Å². The van der Waals surface area contributed by atoms with Gasteiger partial charge in [0, 0.05) is 13.1 Å². The van der Waals surface area contributed by atoms with Crippen LogP contribution in [0.1, 0.15) is 43.0 Å². The van der Waals surface area contributed by atoms with Gasteiger partial charge in [0.1, 0.15) is 5.75 Å². The van der Waals surface area contributed by atoms with Gasteiger partial charge in [0.15, 0.2) is 6.10 Å². The molecule has 1 saturated heterocycles. The molecule has 1 aromatic carbocycles. The van der Waals surface area contributed by atoms with Crippen molar-refractivity contribution in [1.82, 2.24) is 4.90 Å². The molecule has 1 aliphatic rings. The number of amides is 1. The van der Waals surface area contributed by atoms with E-state index in [-0.39, 0.29) is 11.7 Å². The zero-order valence-corrected chi connectivity index (χ0v) is 12.2. The molecule has 0 radical (unpaired) electrons. The van der Waals surface area contributed by atoms with Crippen molar-refractivity contribution < 1.29 is 19.4 Å². The van der Waals surface area contributed by atoms with Crippen molar-refractivity contribution >= 4 is 11.9 Å². The van der Waals surface area contributed by atoms with E-state index < -0.39 is 12.1 Å². The molecule has 114 valence electrons. The average Bonchev–Trinajstić information content (AvgIpc) is 2.76. The number of hydrogen-bond donors (Lipinski definition) is 1. The maximum atomic E-state index is 12.3. The van der Waals surface area contributed by atoms with E-state index in [1.165, 1.54) is 24.3 Å². The number of carbonyl (C=O) groups excluding carboxylic acids is 2. The minimum Gasteiger partial charge on any atom is -0.508 e. The zero-order chi connectivity index (χ0) is 15.2. The lowest BCUT2D eigenvalue weighted by atomic mass is 10.2. The van der Waals surface area contributed by atoms with E-state index in [1.54, 1.807) is 11.8 Å². The SMILES string of the molecule is CC(OC(=O)c1ccc(O)cc1)C(=O)N1CCCCCC1. The van der Waals surface area contributed by atoms with Crippen LogP contribution in [0.25, 0.3) is 0 Å². The molecular weight excluding hydrogens is 270 g/mol. The van der Waals surface area contributed by atoms with Crippen molar-refractivity contribution in [2.75, 3.05) is 13.1 Å². The quantitative estimate of drug-likeness (QED) is 0.868. The lowest BCUT2D eigenvalue weighted by Gasteiger charge is -2.24. The third-order valence-electron chi connectivity index (χ3n) is 3.65. The van der Waals surface area contributed by atoms with Crippen LogP contribution in [0, 0.1) is 0 Å². The van der Waals surface area contributed by atoms with Gasteiger partial charge in [-0.1, -0.05) is 12.8 Å². The van der Waals surface area contributed by atoms with Crippen LogP contribution in [-0.4, -0.2) is 41.1 Å². The Hall–Kier alpha value is -2.04. The summed E-state index contributed by atoms with van der Waals surface area (Å²) in [5.74, 6) is -0.602. The normalized spacial score (nSPS) is 16.9. The maximum absolute atomic E-state index is 12.3. The van der Waals surface area contributed by atoms with E-state index in [0.717, 1.165) is 38.8 Å². The van der Waals surface area contributed by atoms with Crippen molar-refractivity contribution in [3.63, 3.8) is 0 Å². The van der Waals surface area contributed by atoms with Gasteiger partial charge in [-0.2, -0.15) is 0 Å². The summed E-state index contributed by atoms with van der Waals surface area (Å²) in [7, 11) is 0. The molecule has 0 aromatic heterocycles. The van der Waals surface area contributed by atoms with Crippen molar-refractivity contribution in [1.29, 1.82) is 0 Å². The van der Waals surface area contributed by atoms with Crippen LogP contribution in [0.5, 0.6) is 5.75 Å². The van der Waals surface area contributed by atoms with Crippen LogP contribution in [0.4, 0.5) is 0 Å². The number of phenols is 1. The molecule has 1 heterocycles. The zero-order valence-electron chi connectivity index (χ0n) is 12.2. The highest BCUT2D eigenvalue weighted by Crippen LogP contribution is 2.14. The monoisotopic (exact) mass is 291 g/mol. The number of benzene rings is 1. The van der Waals surface area contributed by atoms with Gasteiger partial charge in [-0.3, -0.25) is 4.79 Å². The Morgan fingerprint density at radius 1 is 1.10 bits per heavy atom. The van der Waals surface area contributed by atoms with E-state index >= 15 is 0 Å². The largest absolute Gasteiger partial charge is 0.508 e. The van der Waals surface area contributed by atoms with Gasteiger partial charge in [0.25, 0.3) is 5.91 Å². The van der Waals surface area contributed by atoms with Gasteiger partial charge >= 0.3 is 5.97 Å². The molecule has 5 heteroatoms. The Bertz CT molecular complexity index is 490. The van der Waals surface area contributed by atoms with E-state index in [4.69, 9.17) is 4.74 Å². The van der Waals surface area contributed by atoms with Gasteiger partial charge in [0.2, 0.25) is 0 Å². The topological polar surface area (TPSA) is 66.8 Å². The van der Waals surface area contributed by atoms with Crippen molar-refractivity contribution in [2.45, 2.75) is 38.7 Å². The molecule has 1 aliphatic heterocycles.